The van der Waals surface area contributed by atoms with Gasteiger partial charge in [-0.1, -0.05) is 298 Å². The molecule has 0 aromatic heterocycles. The summed E-state index contributed by atoms with van der Waals surface area (Å²) in [6, 6.07) is 0. The molecule has 0 aromatic rings. The van der Waals surface area contributed by atoms with Crippen molar-refractivity contribution < 1.29 is 28.6 Å². The van der Waals surface area contributed by atoms with Crippen LogP contribution in [-0.4, -0.2) is 37.2 Å². The smallest absolute Gasteiger partial charge is 0.306 e. The number of rotatable bonds is 60. The third kappa shape index (κ3) is 63.2. The molecule has 6 heteroatoms. The van der Waals surface area contributed by atoms with E-state index in [0.29, 0.717) is 19.3 Å². The molecule has 0 radical (unpaired) electrons. The van der Waals surface area contributed by atoms with Crippen molar-refractivity contribution in [2.24, 2.45) is 0 Å². The van der Waals surface area contributed by atoms with Gasteiger partial charge in [-0.2, -0.15) is 0 Å². The number of esters is 3. The fourth-order valence-electron chi connectivity index (χ4n) is 9.36. The van der Waals surface area contributed by atoms with Crippen LogP contribution >= 0.6 is 0 Å². The predicted octanol–water partition coefficient (Wildman–Crippen LogP) is 22.8. The number of unbranched alkanes of at least 4 members (excludes halogenated alkanes) is 33. The molecule has 0 saturated heterocycles. The van der Waals surface area contributed by atoms with E-state index in [2.05, 4.69) is 118 Å². The van der Waals surface area contributed by atoms with Gasteiger partial charge >= 0.3 is 17.9 Å². The van der Waals surface area contributed by atoms with Crippen LogP contribution in [0.25, 0.3) is 0 Å². The van der Waals surface area contributed by atoms with Crippen LogP contribution < -0.4 is 0 Å². The first kappa shape index (κ1) is 74.3. The minimum Gasteiger partial charge on any atom is -0.462 e. The lowest BCUT2D eigenvalue weighted by molar-refractivity contribution is -0.167. The van der Waals surface area contributed by atoms with Gasteiger partial charge in [-0.05, 0) is 103 Å². The molecule has 0 aromatic carbocycles. The van der Waals surface area contributed by atoms with Crippen molar-refractivity contribution in [2.75, 3.05) is 13.2 Å². The number of hydrogen-bond donors (Lipinski definition) is 0. The average Bonchev–Trinajstić information content (AvgIpc) is 3.44. The maximum absolute atomic E-state index is 12.9. The summed E-state index contributed by atoms with van der Waals surface area (Å²) >= 11 is 0. The van der Waals surface area contributed by atoms with Gasteiger partial charge < -0.3 is 14.2 Å². The van der Waals surface area contributed by atoms with Crippen LogP contribution in [0.3, 0.4) is 0 Å². The molecule has 1 unspecified atom stereocenters. The SMILES string of the molecule is CC/C=C\C/C=C\C/C=C\C/C=C\C/C=C\CCCCCCCCCC(=O)OC(COC(=O)CCCCCCCCCCCC/C=C\C/C=C\C/C=C\CCCCCCC)COC(=O)CCCCCCCCCCCCCC. The molecule has 1 atom stereocenters. The normalized spacial score (nSPS) is 12.7. The van der Waals surface area contributed by atoms with Crippen LogP contribution in [0.15, 0.2) is 97.2 Å². The first-order valence-corrected chi connectivity index (χ1v) is 33.2. The minimum absolute atomic E-state index is 0.0809. The molecule has 0 heterocycles. The molecule has 6 nitrogen and oxygen atoms in total. The Balaban J connectivity index is 4.33. The quantitative estimate of drug-likeness (QED) is 0.0261. The lowest BCUT2D eigenvalue weighted by atomic mass is 10.0. The Morgan fingerprint density at radius 2 is 0.500 bits per heavy atom. The van der Waals surface area contributed by atoms with Crippen LogP contribution in [0.2, 0.25) is 0 Å². The van der Waals surface area contributed by atoms with Gasteiger partial charge in [0.15, 0.2) is 6.10 Å². The van der Waals surface area contributed by atoms with E-state index in [1.807, 2.05) is 0 Å². The highest BCUT2D eigenvalue weighted by Crippen LogP contribution is 2.16. The van der Waals surface area contributed by atoms with Crippen molar-refractivity contribution in [3.8, 4) is 0 Å². The number of allylic oxidation sites excluding steroid dienone is 16. The van der Waals surface area contributed by atoms with Crippen molar-refractivity contribution in [1.82, 2.24) is 0 Å². The fraction of sp³-hybridized carbons (Fsp3) is 0.736. The first-order valence-electron chi connectivity index (χ1n) is 33.2. The number of carbonyl (C=O) groups excluding carboxylic acids is 3. The minimum atomic E-state index is -0.786. The third-order valence-corrected chi connectivity index (χ3v) is 14.3. The Morgan fingerprint density at radius 1 is 0.269 bits per heavy atom. The molecule has 0 bridgehead atoms. The van der Waals surface area contributed by atoms with Crippen molar-refractivity contribution >= 4 is 17.9 Å². The largest absolute Gasteiger partial charge is 0.462 e. The molecule has 78 heavy (non-hydrogen) atoms. The summed E-state index contributed by atoms with van der Waals surface area (Å²) in [5.74, 6) is -0.884. The highest BCUT2D eigenvalue weighted by molar-refractivity contribution is 5.71. The summed E-state index contributed by atoms with van der Waals surface area (Å²) in [5.41, 5.74) is 0. The summed E-state index contributed by atoms with van der Waals surface area (Å²) in [6.07, 6.45) is 88.4. The topological polar surface area (TPSA) is 78.9 Å². The Hall–Kier alpha value is -3.67. The highest BCUT2D eigenvalue weighted by Gasteiger charge is 2.19. The zero-order chi connectivity index (χ0) is 56.4. The van der Waals surface area contributed by atoms with E-state index in [4.69, 9.17) is 14.2 Å². The molecule has 0 aliphatic heterocycles. The second kappa shape index (κ2) is 65.8. The van der Waals surface area contributed by atoms with Gasteiger partial charge in [0, 0.05) is 19.3 Å². The van der Waals surface area contributed by atoms with Gasteiger partial charge in [0.25, 0.3) is 0 Å². The van der Waals surface area contributed by atoms with E-state index in [1.165, 1.54) is 173 Å². The lowest BCUT2D eigenvalue weighted by Crippen LogP contribution is -2.30. The van der Waals surface area contributed by atoms with E-state index in [9.17, 15) is 14.4 Å². The fourth-order valence-corrected chi connectivity index (χ4v) is 9.36. The van der Waals surface area contributed by atoms with Crippen LogP contribution in [0, 0.1) is 0 Å². The molecule has 0 aliphatic rings. The molecule has 0 fully saturated rings. The van der Waals surface area contributed by atoms with Crippen LogP contribution in [0.4, 0.5) is 0 Å². The van der Waals surface area contributed by atoms with Crippen molar-refractivity contribution in [1.29, 1.82) is 0 Å². The van der Waals surface area contributed by atoms with Crippen LogP contribution in [0.1, 0.15) is 323 Å². The van der Waals surface area contributed by atoms with Crippen molar-refractivity contribution in [2.45, 2.75) is 329 Å². The molecule has 0 N–H and O–H groups in total. The summed E-state index contributed by atoms with van der Waals surface area (Å²) in [7, 11) is 0. The van der Waals surface area contributed by atoms with E-state index in [1.54, 1.807) is 0 Å². The van der Waals surface area contributed by atoms with Crippen molar-refractivity contribution in [3.63, 3.8) is 0 Å². The third-order valence-electron chi connectivity index (χ3n) is 14.3. The Labute approximate surface area is 483 Å². The predicted molar refractivity (Wildman–Crippen MR) is 339 cm³/mol. The summed E-state index contributed by atoms with van der Waals surface area (Å²) < 4.78 is 16.9. The molecule has 0 amide bonds. The second-order valence-electron chi connectivity index (χ2n) is 22.0. The number of carbonyl (C=O) groups is 3. The molecule has 0 spiro atoms. The van der Waals surface area contributed by atoms with Gasteiger partial charge in [-0.15, -0.1) is 0 Å². The molecule has 0 aliphatic carbocycles. The Bertz CT molecular complexity index is 1530. The van der Waals surface area contributed by atoms with E-state index in [0.717, 1.165) is 109 Å². The van der Waals surface area contributed by atoms with Crippen LogP contribution in [0.5, 0.6) is 0 Å². The maximum atomic E-state index is 12.9. The van der Waals surface area contributed by atoms with E-state index >= 15 is 0 Å². The zero-order valence-electron chi connectivity index (χ0n) is 51.4. The van der Waals surface area contributed by atoms with Crippen LogP contribution in [-0.2, 0) is 28.6 Å². The second-order valence-corrected chi connectivity index (χ2v) is 22.0. The maximum Gasteiger partial charge on any atom is 0.306 e. The number of hydrogen-bond acceptors (Lipinski definition) is 6. The molecule has 0 saturated carbocycles. The highest BCUT2D eigenvalue weighted by atomic mass is 16.6. The molecular formula is C72H124O6. The van der Waals surface area contributed by atoms with Gasteiger partial charge in [-0.3, -0.25) is 14.4 Å². The van der Waals surface area contributed by atoms with Gasteiger partial charge in [-0.25, -0.2) is 0 Å². The van der Waals surface area contributed by atoms with Gasteiger partial charge in [0.05, 0.1) is 0 Å². The standard InChI is InChI=1S/C72H124O6/c1-4-7-10-13-16-19-22-25-27-29-31-33-35-36-38-39-41-43-45-47-50-53-56-59-62-65-71(74)77-68-69(67-76-70(73)64-61-58-55-52-49-24-21-18-15-12-9-6-3)78-72(75)66-63-60-57-54-51-48-46-44-42-40-37-34-32-30-28-26-23-20-17-14-11-8-5-2/h8,11,17,20,22,25-26,28-29,31-32,34-36,40,42,69H,4-7,9-10,12-16,18-19,21,23-24,27,30,33,37-39,41,43-68H2,1-3H3/b11-8-,20-17-,25-22-,28-26-,31-29-,34-32-,36-35-,42-40-. The molecule has 0 rings (SSSR count). The monoisotopic (exact) mass is 1080 g/mol. The summed E-state index contributed by atoms with van der Waals surface area (Å²) in [5, 5.41) is 0. The summed E-state index contributed by atoms with van der Waals surface area (Å²) in [4.78, 5) is 38.3. The summed E-state index contributed by atoms with van der Waals surface area (Å²) in [6.45, 7) is 6.53. The Kier molecular flexibility index (Phi) is 62.7. The van der Waals surface area contributed by atoms with E-state index in [-0.39, 0.29) is 31.1 Å². The zero-order valence-corrected chi connectivity index (χ0v) is 51.4. The molecular weight excluding hydrogens is 961 g/mol. The van der Waals surface area contributed by atoms with E-state index < -0.39 is 6.10 Å². The van der Waals surface area contributed by atoms with Gasteiger partial charge in [0.2, 0.25) is 0 Å². The van der Waals surface area contributed by atoms with Gasteiger partial charge in [0.1, 0.15) is 13.2 Å². The average molecular weight is 1090 g/mol. The lowest BCUT2D eigenvalue weighted by Gasteiger charge is -2.18. The molecule has 448 valence electrons. The number of ether oxygens (including phenoxy) is 3. The first-order chi connectivity index (χ1) is 38.5. The Morgan fingerprint density at radius 3 is 0.782 bits per heavy atom. The van der Waals surface area contributed by atoms with Crippen molar-refractivity contribution in [3.05, 3.63) is 97.2 Å².